The average molecular weight is 314 g/mol. The highest BCUT2D eigenvalue weighted by Crippen LogP contribution is 2.17. The van der Waals surface area contributed by atoms with Crippen LogP contribution in [0.5, 0.6) is 5.75 Å². The van der Waals surface area contributed by atoms with Crippen LogP contribution < -0.4 is 4.74 Å². The number of rotatable bonds is 8. The van der Waals surface area contributed by atoms with Gasteiger partial charge in [-0.25, -0.2) is 0 Å². The fraction of sp³-hybridized carbons (Fsp3) is 0.316. The second-order valence-corrected chi connectivity index (χ2v) is 5.51. The lowest BCUT2D eigenvalue weighted by Crippen LogP contribution is -2.03. The minimum Gasteiger partial charge on any atom is -0.497 e. The molecule has 1 N–H and O–H groups in total. The van der Waals surface area contributed by atoms with Gasteiger partial charge in [-0.2, -0.15) is 0 Å². The molecule has 0 atom stereocenters. The standard InChI is InChI=1S/C19H22O4/c1-14-3-6-16(7-10-19(20)21)17(11-14)13-23-12-15-4-8-18(22-2)9-5-15/h3-6,8-9,11H,7,10,12-13H2,1-2H3,(H,20,21). The molecule has 0 amide bonds. The maximum atomic E-state index is 10.8. The third-order valence-corrected chi connectivity index (χ3v) is 3.66. The lowest BCUT2D eigenvalue weighted by Gasteiger charge is -2.11. The van der Waals surface area contributed by atoms with Crippen LogP contribution in [0.25, 0.3) is 0 Å². The summed E-state index contributed by atoms with van der Waals surface area (Å²) in [6.45, 7) is 3.01. The summed E-state index contributed by atoms with van der Waals surface area (Å²) < 4.78 is 10.9. The Bertz CT molecular complexity index is 647. The van der Waals surface area contributed by atoms with Crippen molar-refractivity contribution in [3.8, 4) is 5.75 Å². The third kappa shape index (κ3) is 5.42. The van der Waals surface area contributed by atoms with E-state index in [2.05, 4.69) is 6.07 Å². The Morgan fingerprint density at radius 3 is 2.43 bits per heavy atom. The van der Waals surface area contributed by atoms with Crippen LogP contribution in [0.1, 0.15) is 28.7 Å². The largest absolute Gasteiger partial charge is 0.497 e. The van der Waals surface area contributed by atoms with Crippen LogP contribution in [0.4, 0.5) is 0 Å². The second-order valence-electron chi connectivity index (χ2n) is 5.51. The maximum Gasteiger partial charge on any atom is 0.303 e. The summed E-state index contributed by atoms with van der Waals surface area (Å²) in [6.07, 6.45) is 0.658. The molecule has 0 aliphatic carbocycles. The summed E-state index contributed by atoms with van der Waals surface area (Å²) in [6, 6.07) is 13.8. The van der Waals surface area contributed by atoms with Gasteiger partial charge < -0.3 is 14.6 Å². The quantitative estimate of drug-likeness (QED) is 0.806. The normalized spacial score (nSPS) is 10.5. The summed E-state index contributed by atoms with van der Waals surface area (Å²) in [7, 11) is 1.64. The van der Waals surface area contributed by atoms with E-state index >= 15 is 0 Å². The molecule has 4 heteroatoms. The second kappa shape index (κ2) is 8.34. The van der Waals surface area contributed by atoms with Gasteiger partial charge in [0.15, 0.2) is 0 Å². The molecular formula is C19H22O4. The molecule has 0 fully saturated rings. The molecule has 23 heavy (non-hydrogen) atoms. The highest BCUT2D eigenvalue weighted by atomic mass is 16.5. The molecule has 0 saturated heterocycles. The molecule has 0 unspecified atom stereocenters. The molecule has 0 aromatic heterocycles. The van der Waals surface area contributed by atoms with E-state index in [0.717, 1.165) is 28.0 Å². The molecule has 4 nitrogen and oxygen atoms in total. The van der Waals surface area contributed by atoms with Crippen LogP contribution in [0.2, 0.25) is 0 Å². The monoisotopic (exact) mass is 314 g/mol. The van der Waals surface area contributed by atoms with Gasteiger partial charge in [0.2, 0.25) is 0 Å². The van der Waals surface area contributed by atoms with Crippen LogP contribution in [0.15, 0.2) is 42.5 Å². The summed E-state index contributed by atoms with van der Waals surface area (Å²) in [5.74, 6) is 0.0408. The first-order valence-corrected chi connectivity index (χ1v) is 7.59. The summed E-state index contributed by atoms with van der Waals surface area (Å²) in [5, 5.41) is 8.85. The zero-order valence-electron chi connectivity index (χ0n) is 13.5. The molecular weight excluding hydrogens is 292 g/mol. The van der Waals surface area contributed by atoms with E-state index in [1.165, 1.54) is 0 Å². The molecule has 0 aliphatic heterocycles. The first-order chi connectivity index (χ1) is 11.1. The van der Waals surface area contributed by atoms with E-state index in [4.69, 9.17) is 14.6 Å². The zero-order valence-corrected chi connectivity index (χ0v) is 13.5. The van der Waals surface area contributed by atoms with Crippen molar-refractivity contribution < 1.29 is 19.4 Å². The van der Waals surface area contributed by atoms with Crippen molar-refractivity contribution in [2.75, 3.05) is 7.11 Å². The fourth-order valence-electron chi connectivity index (χ4n) is 2.38. The molecule has 0 aliphatic rings. The number of hydrogen-bond donors (Lipinski definition) is 1. The van der Waals surface area contributed by atoms with E-state index in [9.17, 15) is 4.79 Å². The van der Waals surface area contributed by atoms with Gasteiger partial charge in [0.1, 0.15) is 5.75 Å². The van der Waals surface area contributed by atoms with Gasteiger partial charge in [-0.15, -0.1) is 0 Å². The minimum absolute atomic E-state index is 0.133. The molecule has 0 bridgehead atoms. The number of carboxylic acids is 1. The highest BCUT2D eigenvalue weighted by Gasteiger charge is 2.06. The highest BCUT2D eigenvalue weighted by molar-refractivity contribution is 5.67. The molecule has 2 aromatic rings. The number of carbonyl (C=O) groups is 1. The maximum absolute atomic E-state index is 10.8. The minimum atomic E-state index is -0.782. The Kier molecular flexibility index (Phi) is 6.18. The molecule has 2 aromatic carbocycles. The number of carboxylic acid groups (broad SMARTS) is 1. The predicted molar refractivity (Wildman–Crippen MR) is 88.6 cm³/mol. The SMILES string of the molecule is COc1ccc(COCc2cc(C)ccc2CCC(=O)O)cc1. The van der Waals surface area contributed by atoms with Gasteiger partial charge in [-0.3, -0.25) is 4.79 Å². The van der Waals surface area contributed by atoms with Gasteiger partial charge in [0, 0.05) is 6.42 Å². The number of benzene rings is 2. The molecule has 0 heterocycles. The van der Waals surface area contributed by atoms with Gasteiger partial charge in [0.25, 0.3) is 0 Å². The third-order valence-electron chi connectivity index (χ3n) is 3.66. The summed E-state index contributed by atoms with van der Waals surface area (Å²) in [5.41, 5.74) is 4.31. The van der Waals surface area contributed by atoms with E-state index in [0.29, 0.717) is 19.6 Å². The Hall–Kier alpha value is -2.33. The Morgan fingerprint density at radius 2 is 1.78 bits per heavy atom. The molecule has 0 spiro atoms. The Labute approximate surface area is 136 Å². The van der Waals surface area contributed by atoms with Crippen molar-refractivity contribution in [2.24, 2.45) is 0 Å². The van der Waals surface area contributed by atoms with E-state index in [-0.39, 0.29) is 6.42 Å². The predicted octanol–water partition coefficient (Wildman–Crippen LogP) is 3.74. The van der Waals surface area contributed by atoms with Gasteiger partial charge in [0.05, 0.1) is 20.3 Å². The first kappa shape index (κ1) is 17.0. The Balaban J connectivity index is 1.95. The first-order valence-electron chi connectivity index (χ1n) is 7.59. The number of hydrogen-bond acceptors (Lipinski definition) is 3. The zero-order chi connectivity index (χ0) is 16.7. The van der Waals surface area contributed by atoms with Crippen LogP contribution >= 0.6 is 0 Å². The van der Waals surface area contributed by atoms with E-state index in [1.54, 1.807) is 7.11 Å². The van der Waals surface area contributed by atoms with Crippen molar-refractivity contribution in [2.45, 2.75) is 33.0 Å². The number of ether oxygens (including phenoxy) is 2. The molecule has 122 valence electrons. The molecule has 0 saturated carbocycles. The van der Waals surface area contributed by atoms with Crippen molar-refractivity contribution >= 4 is 5.97 Å². The number of aliphatic carboxylic acids is 1. The van der Waals surface area contributed by atoms with Crippen LogP contribution in [-0.2, 0) is 29.2 Å². The van der Waals surface area contributed by atoms with Crippen LogP contribution in [0.3, 0.4) is 0 Å². The summed E-state index contributed by atoms with van der Waals surface area (Å²) in [4.78, 5) is 10.8. The van der Waals surface area contributed by atoms with E-state index < -0.39 is 5.97 Å². The smallest absolute Gasteiger partial charge is 0.303 e. The average Bonchev–Trinajstić information content (AvgIpc) is 2.54. The Morgan fingerprint density at radius 1 is 1.04 bits per heavy atom. The fourth-order valence-corrected chi connectivity index (χ4v) is 2.38. The van der Waals surface area contributed by atoms with Crippen molar-refractivity contribution in [1.82, 2.24) is 0 Å². The lowest BCUT2D eigenvalue weighted by atomic mass is 10.0. The molecule has 2 rings (SSSR count). The summed E-state index contributed by atoms with van der Waals surface area (Å²) >= 11 is 0. The number of aryl methyl sites for hydroxylation is 2. The van der Waals surface area contributed by atoms with Crippen LogP contribution in [0, 0.1) is 6.92 Å². The lowest BCUT2D eigenvalue weighted by molar-refractivity contribution is -0.136. The van der Waals surface area contributed by atoms with Crippen molar-refractivity contribution in [1.29, 1.82) is 0 Å². The number of methoxy groups -OCH3 is 1. The van der Waals surface area contributed by atoms with Gasteiger partial charge >= 0.3 is 5.97 Å². The van der Waals surface area contributed by atoms with Crippen molar-refractivity contribution in [3.63, 3.8) is 0 Å². The topological polar surface area (TPSA) is 55.8 Å². The molecule has 0 radical (unpaired) electrons. The van der Waals surface area contributed by atoms with Gasteiger partial charge in [-0.05, 0) is 42.2 Å². The van der Waals surface area contributed by atoms with Gasteiger partial charge in [-0.1, -0.05) is 35.9 Å². The van der Waals surface area contributed by atoms with Crippen molar-refractivity contribution in [3.05, 3.63) is 64.7 Å². The van der Waals surface area contributed by atoms with Crippen LogP contribution in [-0.4, -0.2) is 18.2 Å². The van der Waals surface area contributed by atoms with E-state index in [1.807, 2.05) is 43.3 Å².